The molecule has 5 nitrogen and oxygen atoms in total. The Morgan fingerprint density at radius 3 is 2.62 bits per heavy atom. The molecule has 134 valence electrons. The van der Waals surface area contributed by atoms with Gasteiger partial charge in [-0.05, 0) is 30.9 Å². The molecule has 0 aliphatic heterocycles. The van der Waals surface area contributed by atoms with Crippen molar-refractivity contribution >= 4 is 18.0 Å². The van der Waals surface area contributed by atoms with Crippen LogP contribution in [0.25, 0.3) is 0 Å². The maximum Gasteiger partial charge on any atom is 0.211 e. The molecule has 0 amide bonds. The monoisotopic (exact) mass is 366 g/mol. The Morgan fingerprint density at radius 2 is 1.88 bits per heavy atom. The highest BCUT2D eigenvalue weighted by molar-refractivity contribution is 7.98. The summed E-state index contributed by atoms with van der Waals surface area (Å²) < 4.78 is 7.79. The van der Waals surface area contributed by atoms with Crippen LogP contribution in [0.5, 0.6) is 5.75 Å². The standard InChI is InChI=1S/C20H22N4OS/c1-4-19-22-23-20(26-3)24(19)21-13-17-7-5-6-8-18(17)25-14-16-11-9-15(2)10-12-16/h5-13H,4,14H2,1-3H3/b21-13-. The van der Waals surface area contributed by atoms with Gasteiger partial charge < -0.3 is 4.74 Å². The number of thioether (sulfide) groups is 1. The Labute approximate surface area is 158 Å². The Morgan fingerprint density at radius 1 is 1.12 bits per heavy atom. The number of para-hydroxylation sites is 1. The molecule has 0 N–H and O–H groups in total. The van der Waals surface area contributed by atoms with E-state index in [1.807, 2.05) is 37.4 Å². The third-order valence-electron chi connectivity index (χ3n) is 3.92. The summed E-state index contributed by atoms with van der Waals surface area (Å²) in [7, 11) is 0. The summed E-state index contributed by atoms with van der Waals surface area (Å²) in [5, 5.41) is 13.7. The summed E-state index contributed by atoms with van der Waals surface area (Å²) in [6.07, 6.45) is 4.54. The molecule has 0 radical (unpaired) electrons. The Kier molecular flexibility index (Phi) is 6.07. The largest absolute Gasteiger partial charge is 0.488 e. The van der Waals surface area contributed by atoms with Crippen LogP contribution in [0.4, 0.5) is 0 Å². The van der Waals surface area contributed by atoms with Gasteiger partial charge in [0, 0.05) is 12.0 Å². The topological polar surface area (TPSA) is 52.3 Å². The van der Waals surface area contributed by atoms with E-state index in [9.17, 15) is 0 Å². The third-order valence-corrected chi connectivity index (χ3v) is 4.54. The van der Waals surface area contributed by atoms with Crippen LogP contribution in [-0.4, -0.2) is 27.3 Å². The van der Waals surface area contributed by atoms with Gasteiger partial charge in [-0.25, -0.2) is 0 Å². The fraction of sp³-hybridized carbons (Fsp3) is 0.250. The molecular formula is C20H22N4OS. The van der Waals surface area contributed by atoms with E-state index in [0.717, 1.165) is 34.3 Å². The van der Waals surface area contributed by atoms with Crippen LogP contribution in [0.15, 0.2) is 58.8 Å². The molecule has 1 aromatic heterocycles. The van der Waals surface area contributed by atoms with Crippen molar-refractivity contribution in [3.63, 3.8) is 0 Å². The first-order valence-corrected chi connectivity index (χ1v) is 9.73. The fourth-order valence-electron chi connectivity index (χ4n) is 2.44. The number of aryl methyl sites for hydroxylation is 2. The summed E-state index contributed by atoms with van der Waals surface area (Å²) in [5.74, 6) is 1.64. The molecule has 0 saturated carbocycles. The second-order valence-electron chi connectivity index (χ2n) is 5.82. The Hall–Kier alpha value is -2.60. The van der Waals surface area contributed by atoms with Gasteiger partial charge >= 0.3 is 0 Å². The van der Waals surface area contributed by atoms with Crippen LogP contribution in [-0.2, 0) is 13.0 Å². The SMILES string of the molecule is CCc1nnc(SC)n1/N=C\c1ccccc1OCc1ccc(C)cc1. The number of benzene rings is 2. The van der Waals surface area contributed by atoms with Crippen molar-refractivity contribution in [1.29, 1.82) is 0 Å². The van der Waals surface area contributed by atoms with Crippen molar-refractivity contribution < 1.29 is 4.74 Å². The van der Waals surface area contributed by atoms with Crippen LogP contribution in [0.2, 0.25) is 0 Å². The molecule has 2 aromatic carbocycles. The normalized spacial score (nSPS) is 11.2. The van der Waals surface area contributed by atoms with Gasteiger partial charge in [0.05, 0.1) is 6.21 Å². The van der Waals surface area contributed by atoms with Crippen molar-refractivity contribution in [2.75, 3.05) is 6.26 Å². The first-order valence-electron chi connectivity index (χ1n) is 8.51. The fourth-order valence-corrected chi connectivity index (χ4v) is 2.89. The zero-order valence-corrected chi connectivity index (χ0v) is 16.0. The average Bonchev–Trinajstić information content (AvgIpc) is 3.08. The van der Waals surface area contributed by atoms with Gasteiger partial charge in [-0.15, -0.1) is 10.2 Å². The molecule has 0 bridgehead atoms. The Balaban J connectivity index is 1.79. The molecule has 6 heteroatoms. The molecule has 0 aliphatic carbocycles. The lowest BCUT2D eigenvalue weighted by Crippen LogP contribution is -2.01. The first-order chi connectivity index (χ1) is 12.7. The van der Waals surface area contributed by atoms with Crippen molar-refractivity contribution in [3.05, 3.63) is 71.0 Å². The van der Waals surface area contributed by atoms with Crippen LogP contribution >= 0.6 is 11.8 Å². The van der Waals surface area contributed by atoms with Gasteiger partial charge in [0.1, 0.15) is 12.4 Å². The van der Waals surface area contributed by atoms with Crippen LogP contribution in [0, 0.1) is 6.92 Å². The van der Waals surface area contributed by atoms with Crippen molar-refractivity contribution in [3.8, 4) is 5.75 Å². The summed E-state index contributed by atoms with van der Waals surface area (Å²) in [6.45, 7) is 4.64. The summed E-state index contributed by atoms with van der Waals surface area (Å²) in [5.41, 5.74) is 3.30. The molecule has 3 rings (SSSR count). The molecule has 0 aliphatic rings. The first kappa shape index (κ1) is 18.2. The van der Waals surface area contributed by atoms with Crippen molar-refractivity contribution in [2.45, 2.75) is 32.0 Å². The number of rotatable bonds is 7. The summed E-state index contributed by atoms with van der Waals surface area (Å²) in [4.78, 5) is 0. The minimum absolute atomic E-state index is 0.522. The minimum atomic E-state index is 0.522. The molecule has 1 heterocycles. The van der Waals surface area contributed by atoms with E-state index in [2.05, 4.69) is 46.5 Å². The molecular weight excluding hydrogens is 344 g/mol. The van der Waals surface area contributed by atoms with Gasteiger partial charge in [0.15, 0.2) is 5.82 Å². The second-order valence-corrected chi connectivity index (χ2v) is 6.60. The minimum Gasteiger partial charge on any atom is -0.488 e. The van der Waals surface area contributed by atoms with Crippen molar-refractivity contribution in [1.82, 2.24) is 14.9 Å². The molecule has 0 atom stereocenters. The van der Waals surface area contributed by atoms with E-state index in [1.54, 1.807) is 10.9 Å². The molecule has 0 spiro atoms. The Bertz CT molecular complexity index is 866. The molecule has 0 unspecified atom stereocenters. The number of nitrogens with zero attached hydrogens (tertiary/aromatic N) is 4. The van der Waals surface area contributed by atoms with E-state index in [1.165, 1.54) is 17.3 Å². The molecule has 26 heavy (non-hydrogen) atoms. The second kappa shape index (κ2) is 8.67. The zero-order chi connectivity index (χ0) is 18.4. The van der Waals surface area contributed by atoms with Gasteiger partial charge in [0.2, 0.25) is 5.16 Å². The number of ether oxygens (including phenoxy) is 1. The predicted molar refractivity (Wildman–Crippen MR) is 106 cm³/mol. The van der Waals surface area contributed by atoms with Gasteiger partial charge in [0.25, 0.3) is 0 Å². The number of hydrogen-bond acceptors (Lipinski definition) is 5. The van der Waals surface area contributed by atoms with E-state index in [4.69, 9.17) is 4.74 Å². The highest BCUT2D eigenvalue weighted by Gasteiger charge is 2.09. The lowest BCUT2D eigenvalue weighted by molar-refractivity contribution is 0.306. The van der Waals surface area contributed by atoms with Crippen LogP contribution in [0.1, 0.15) is 29.4 Å². The van der Waals surface area contributed by atoms with E-state index in [-0.39, 0.29) is 0 Å². The van der Waals surface area contributed by atoms with Gasteiger partial charge in [-0.1, -0.05) is 60.6 Å². The highest BCUT2D eigenvalue weighted by atomic mass is 32.2. The van der Waals surface area contributed by atoms with Gasteiger partial charge in [-0.2, -0.15) is 9.78 Å². The smallest absolute Gasteiger partial charge is 0.211 e. The quantitative estimate of drug-likeness (QED) is 0.461. The molecule has 3 aromatic rings. The summed E-state index contributed by atoms with van der Waals surface area (Å²) >= 11 is 1.52. The zero-order valence-electron chi connectivity index (χ0n) is 15.2. The van der Waals surface area contributed by atoms with E-state index >= 15 is 0 Å². The maximum absolute atomic E-state index is 6.01. The molecule has 0 saturated heterocycles. The lowest BCUT2D eigenvalue weighted by Gasteiger charge is -2.09. The van der Waals surface area contributed by atoms with Crippen molar-refractivity contribution in [2.24, 2.45) is 5.10 Å². The van der Waals surface area contributed by atoms with Crippen LogP contribution < -0.4 is 4.74 Å². The molecule has 0 fully saturated rings. The summed E-state index contributed by atoms with van der Waals surface area (Å²) in [6, 6.07) is 16.2. The predicted octanol–water partition coefficient (Wildman–Crippen LogP) is 4.33. The average molecular weight is 366 g/mol. The van der Waals surface area contributed by atoms with Gasteiger partial charge in [-0.3, -0.25) is 0 Å². The van der Waals surface area contributed by atoms with Crippen LogP contribution in [0.3, 0.4) is 0 Å². The maximum atomic E-state index is 6.01. The van der Waals surface area contributed by atoms with E-state index < -0.39 is 0 Å². The third kappa shape index (κ3) is 4.32. The highest BCUT2D eigenvalue weighted by Crippen LogP contribution is 2.19. The number of aromatic nitrogens is 3. The lowest BCUT2D eigenvalue weighted by atomic mass is 10.1. The van der Waals surface area contributed by atoms with E-state index in [0.29, 0.717) is 6.61 Å². The number of hydrogen-bond donors (Lipinski definition) is 0.